The van der Waals surface area contributed by atoms with Gasteiger partial charge in [0.1, 0.15) is 5.78 Å². The van der Waals surface area contributed by atoms with Crippen molar-refractivity contribution >= 4 is 17.6 Å². The molecule has 9 nitrogen and oxygen atoms in total. The van der Waals surface area contributed by atoms with Crippen LogP contribution in [-0.2, 0) is 19.1 Å². The third-order valence-electron chi connectivity index (χ3n) is 2.95. The molecule has 3 N–H and O–H groups in total. The minimum Gasteiger partial charge on any atom is -0.381 e. The Kier molecular flexibility index (Phi) is 11.4. The summed E-state index contributed by atoms with van der Waals surface area (Å²) in [5.74, 6) is -1.70. The van der Waals surface area contributed by atoms with Crippen LogP contribution in [-0.4, -0.2) is 43.9 Å². The smallest absolute Gasteiger partial charge is 0.227 e. The second kappa shape index (κ2) is 12.6. The topological polar surface area (TPSA) is 147 Å². The van der Waals surface area contributed by atoms with Crippen molar-refractivity contribution in [2.75, 3.05) is 26.3 Å². The molecule has 0 aliphatic carbocycles. The number of azide groups is 1. The van der Waals surface area contributed by atoms with Crippen molar-refractivity contribution in [3.63, 3.8) is 0 Å². The summed E-state index contributed by atoms with van der Waals surface area (Å²) in [6.45, 7) is 2.62. The maximum atomic E-state index is 11.4. The van der Waals surface area contributed by atoms with Crippen molar-refractivity contribution in [3.8, 4) is 0 Å². The van der Waals surface area contributed by atoms with Gasteiger partial charge in [-0.25, -0.2) is 0 Å². The standard InChI is InChI=1S/C13H23N5O4/c1-10(19)11(13(14)21)4-2-3-6-16-12(20)5-8-22-9-7-17-18-15/h11H,2-9H2,1H3,(H2,14,21)(H,16,20). The van der Waals surface area contributed by atoms with Gasteiger partial charge in [-0.2, -0.15) is 0 Å². The molecule has 0 rings (SSSR count). The Morgan fingerprint density at radius 3 is 2.64 bits per heavy atom. The van der Waals surface area contributed by atoms with E-state index in [9.17, 15) is 14.4 Å². The van der Waals surface area contributed by atoms with Gasteiger partial charge in [-0.3, -0.25) is 14.4 Å². The van der Waals surface area contributed by atoms with Crippen LogP contribution >= 0.6 is 0 Å². The summed E-state index contributed by atoms with van der Waals surface area (Å²) < 4.78 is 5.10. The molecule has 0 heterocycles. The third kappa shape index (κ3) is 10.6. The summed E-state index contributed by atoms with van der Waals surface area (Å²) in [6.07, 6.45) is 1.94. The molecule has 0 fully saturated rings. The molecule has 0 saturated heterocycles. The van der Waals surface area contributed by atoms with E-state index in [1.807, 2.05) is 0 Å². The first kappa shape index (κ1) is 19.9. The number of unbranched alkanes of at least 4 members (excludes halogenated alkanes) is 1. The number of nitrogens with two attached hydrogens (primary N) is 1. The lowest BCUT2D eigenvalue weighted by atomic mass is 9.97. The number of carbonyl (C=O) groups excluding carboxylic acids is 3. The molecule has 1 unspecified atom stereocenters. The van der Waals surface area contributed by atoms with Crippen LogP contribution in [0.25, 0.3) is 10.4 Å². The van der Waals surface area contributed by atoms with E-state index in [0.29, 0.717) is 25.8 Å². The Bertz CT molecular complexity index is 407. The minimum absolute atomic E-state index is 0.137. The van der Waals surface area contributed by atoms with Gasteiger partial charge in [0, 0.05) is 24.4 Å². The van der Waals surface area contributed by atoms with E-state index >= 15 is 0 Å². The monoisotopic (exact) mass is 313 g/mol. The van der Waals surface area contributed by atoms with Crippen LogP contribution in [0.1, 0.15) is 32.6 Å². The number of rotatable bonds is 13. The zero-order valence-electron chi connectivity index (χ0n) is 12.8. The van der Waals surface area contributed by atoms with E-state index < -0.39 is 11.8 Å². The number of ketones is 1. The van der Waals surface area contributed by atoms with Crippen LogP contribution in [0.4, 0.5) is 0 Å². The van der Waals surface area contributed by atoms with Gasteiger partial charge >= 0.3 is 0 Å². The average molecular weight is 313 g/mol. The predicted octanol–water partition coefficient (Wildman–Crippen LogP) is 0.680. The molecular weight excluding hydrogens is 290 g/mol. The number of primary amides is 1. The highest BCUT2D eigenvalue weighted by molar-refractivity contribution is 5.99. The van der Waals surface area contributed by atoms with E-state index in [2.05, 4.69) is 15.3 Å². The van der Waals surface area contributed by atoms with Crippen LogP contribution in [0.2, 0.25) is 0 Å². The molecule has 0 aliphatic rings. The maximum Gasteiger partial charge on any atom is 0.227 e. The summed E-state index contributed by atoms with van der Waals surface area (Å²) in [6, 6.07) is 0. The molecule has 0 spiro atoms. The van der Waals surface area contributed by atoms with Crippen LogP contribution < -0.4 is 11.1 Å². The molecule has 0 radical (unpaired) electrons. The molecule has 2 amide bonds. The second-order valence-electron chi connectivity index (χ2n) is 4.73. The van der Waals surface area contributed by atoms with Gasteiger partial charge in [-0.15, -0.1) is 0 Å². The number of hydrogen-bond donors (Lipinski definition) is 2. The summed E-state index contributed by atoms with van der Waals surface area (Å²) in [7, 11) is 0. The fourth-order valence-electron chi connectivity index (χ4n) is 1.75. The Hall–Kier alpha value is -2.12. The van der Waals surface area contributed by atoms with Crippen LogP contribution in [0.15, 0.2) is 5.11 Å². The first-order valence-electron chi connectivity index (χ1n) is 7.14. The first-order chi connectivity index (χ1) is 10.5. The molecule has 0 saturated carbocycles. The van der Waals surface area contributed by atoms with Crippen molar-refractivity contribution in [3.05, 3.63) is 10.4 Å². The van der Waals surface area contributed by atoms with Crippen LogP contribution in [0, 0.1) is 5.92 Å². The van der Waals surface area contributed by atoms with Gasteiger partial charge in [-0.1, -0.05) is 11.5 Å². The van der Waals surface area contributed by atoms with Crippen molar-refractivity contribution in [1.29, 1.82) is 0 Å². The highest BCUT2D eigenvalue weighted by Gasteiger charge is 2.19. The van der Waals surface area contributed by atoms with E-state index in [-0.39, 0.29) is 37.9 Å². The van der Waals surface area contributed by atoms with E-state index in [0.717, 1.165) is 0 Å². The molecule has 124 valence electrons. The molecule has 1 atom stereocenters. The Morgan fingerprint density at radius 1 is 1.32 bits per heavy atom. The van der Waals surface area contributed by atoms with Crippen molar-refractivity contribution < 1.29 is 19.1 Å². The molecule has 0 bridgehead atoms. The summed E-state index contributed by atoms with van der Waals surface area (Å²) in [4.78, 5) is 36.2. The summed E-state index contributed by atoms with van der Waals surface area (Å²) >= 11 is 0. The lowest BCUT2D eigenvalue weighted by molar-refractivity contribution is -0.131. The predicted molar refractivity (Wildman–Crippen MR) is 79.7 cm³/mol. The fourth-order valence-corrected chi connectivity index (χ4v) is 1.75. The fraction of sp³-hybridized carbons (Fsp3) is 0.769. The van der Waals surface area contributed by atoms with Gasteiger partial charge in [0.25, 0.3) is 0 Å². The maximum absolute atomic E-state index is 11.4. The lowest BCUT2D eigenvalue weighted by Crippen LogP contribution is -2.29. The average Bonchev–Trinajstić information content (AvgIpc) is 2.45. The zero-order chi connectivity index (χ0) is 16.8. The molecule has 22 heavy (non-hydrogen) atoms. The third-order valence-corrected chi connectivity index (χ3v) is 2.95. The van der Waals surface area contributed by atoms with Crippen molar-refractivity contribution in [2.45, 2.75) is 32.6 Å². The number of Topliss-reactive ketones (excluding diaryl/α,β-unsaturated/α-hetero) is 1. The number of nitrogens with zero attached hydrogens (tertiary/aromatic N) is 3. The number of nitrogens with one attached hydrogen (secondary N) is 1. The van der Waals surface area contributed by atoms with Crippen LogP contribution in [0.3, 0.4) is 0 Å². The highest BCUT2D eigenvalue weighted by atomic mass is 16.5. The highest BCUT2D eigenvalue weighted by Crippen LogP contribution is 2.08. The molecular formula is C13H23N5O4. The Balaban J connectivity index is 3.58. The Morgan fingerprint density at radius 2 is 2.05 bits per heavy atom. The number of carbonyl (C=O) groups is 3. The van der Waals surface area contributed by atoms with Crippen LogP contribution in [0.5, 0.6) is 0 Å². The first-order valence-corrected chi connectivity index (χ1v) is 7.14. The van der Waals surface area contributed by atoms with Gasteiger partial charge in [0.15, 0.2) is 0 Å². The molecule has 0 aromatic heterocycles. The van der Waals surface area contributed by atoms with Gasteiger partial charge in [0.05, 0.1) is 19.1 Å². The van der Waals surface area contributed by atoms with Gasteiger partial charge < -0.3 is 15.8 Å². The number of amides is 2. The lowest BCUT2D eigenvalue weighted by Gasteiger charge is -2.09. The number of ether oxygens (including phenoxy) is 1. The molecule has 0 aliphatic heterocycles. The van der Waals surface area contributed by atoms with E-state index in [4.69, 9.17) is 16.0 Å². The molecule has 0 aromatic rings. The van der Waals surface area contributed by atoms with E-state index in [1.54, 1.807) is 0 Å². The quantitative estimate of drug-likeness (QED) is 0.169. The molecule has 0 aromatic carbocycles. The largest absolute Gasteiger partial charge is 0.381 e. The number of hydrogen-bond acceptors (Lipinski definition) is 5. The minimum atomic E-state index is -0.736. The van der Waals surface area contributed by atoms with Gasteiger partial charge in [0.2, 0.25) is 11.8 Å². The van der Waals surface area contributed by atoms with Crippen molar-refractivity contribution in [1.82, 2.24) is 5.32 Å². The van der Waals surface area contributed by atoms with Crippen molar-refractivity contribution in [2.24, 2.45) is 16.8 Å². The van der Waals surface area contributed by atoms with Gasteiger partial charge in [-0.05, 0) is 25.3 Å². The SMILES string of the molecule is CC(=O)C(CCCCNC(=O)CCOCCN=[N+]=[N-])C(N)=O. The molecule has 9 heteroatoms. The zero-order valence-corrected chi connectivity index (χ0v) is 12.8. The second-order valence-corrected chi connectivity index (χ2v) is 4.73. The summed E-state index contributed by atoms with van der Waals surface area (Å²) in [5, 5.41) is 6.01. The summed E-state index contributed by atoms with van der Waals surface area (Å²) in [5.41, 5.74) is 13.2. The Labute approximate surface area is 129 Å². The normalized spacial score (nSPS) is 11.3. The van der Waals surface area contributed by atoms with E-state index in [1.165, 1.54) is 6.92 Å².